The second kappa shape index (κ2) is 7.28. The molecule has 0 saturated carbocycles. The van der Waals surface area contributed by atoms with E-state index in [2.05, 4.69) is 29.3 Å². The summed E-state index contributed by atoms with van der Waals surface area (Å²) in [6, 6.07) is 18.0. The lowest BCUT2D eigenvalue weighted by Gasteiger charge is -2.13. The van der Waals surface area contributed by atoms with Crippen LogP contribution in [0.1, 0.15) is 23.6 Å². The van der Waals surface area contributed by atoms with Gasteiger partial charge in [0, 0.05) is 11.1 Å². The largest absolute Gasteiger partial charge is 0.494 e. The molecule has 4 heteroatoms. The number of hydrogen-bond donors (Lipinski definition) is 1. The number of pyridine rings is 1. The van der Waals surface area contributed by atoms with Crippen LogP contribution in [0.15, 0.2) is 48.5 Å². The van der Waals surface area contributed by atoms with Crippen LogP contribution in [0.4, 0.5) is 5.82 Å². The lowest BCUT2D eigenvalue weighted by molar-refractivity contribution is 0.340. The number of nitrogens with zero attached hydrogens (tertiary/aromatic N) is 2. The Labute approximate surface area is 153 Å². The molecule has 0 bridgehead atoms. The summed E-state index contributed by atoms with van der Waals surface area (Å²) in [5.41, 5.74) is 12.2. The lowest BCUT2D eigenvalue weighted by Crippen LogP contribution is -2.00. The van der Waals surface area contributed by atoms with Gasteiger partial charge in [0.2, 0.25) is 0 Å². The van der Waals surface area contributed by atoms with E-state index in [-0.39, 0.29) is 5.82 Å². The van der Waals surface area contributed by atoms with Crippen LogP contribution in [0.5, 0.6) is 5.75 Å². The Bertz CT molecular complexity index is 986. The highest BCUT2D eigenvalue weighted by Crippen LogP contribution is 2.33. The maximum Gasteiger partial charge on any atom is 0.142 e. The van der Waals surface area contributed by atoms with Gasteiger partial charge in [-0.15, -0.1) is 0 Å². The maximum atomic E-state index is 9.56. The van der Waals surface area contributed by atoms with Crippen LogP contribution < -0.4 is 10.5 Å². The molecule has 1 heterocycles. The number of nitrogen functional groups attached to an aromatic ring is 1. The molecular weight excluding hydrogens is 322 g/mol. The van der Waals surface area contributed by atoms with Crippen molar-refractivity contribution in [3.8, 4) is 34.2 Å². The van der Waals surface area contributed by atoms with Crippen LogP contribution in [0.3, 0.4) is 0 Å². The first-order valence-electron chi connectivity index (χ1n) is 8.55. The summed E-state index contributed by atoms with van der Waals surface area (Å²) in [6.07, 6.45) is 0. The maximum absolute atomic E-state index is 9.56. The van der Waals surface area contributed by atoms with Crippen molar-refractivity contribution >= 4 is 5.82 Å². The first kappa shape index (κ1) is 17.5. The fourth-order valence-electron chi connectivity index (χ4n) is 2.96. The van der Waals surface area contributed by atoms with Crippen LogP contribution in [0, 0.1) is 25.2 Å². The SMILES string of the molecule is CCOc1ccc(-c2cc(-c3cc(C)ccc3C)nc(N)c2C#N)cc1. The molecule has 0 spiro atoms. The summed E-state index contributed by atoms with van der Waals surface area (Å²) in [5.74, 6) is 1.04. The molecule has 0 aliphatic carbocycles. The third-order valence-electron chi connectivity index (χ3n) is 4.30. The van der Waals surface area contributed by atoms with Gasteiger partial charge in [0.15, 0.2) is 0 Å². The highest BCUT2D eigenvalue weighted by molar-refractivity contribution is 5.81. The van der Waals surface area contributed by atoms with Crippen LogP contribution in [-0.2, 0) is 0 Å². The van der Waals surface area contributed by atoms with Gasteiger partial charge in [-0.3, -0.25) is 0 Å². The number of aromatic nitrogens is 1. The number of benzene rings is 2. The van der Waals surface area contributed by atoms with E-state index in [0.29, 0.717) is 12.2 Å². The molecule has 2 aromatic carbocycles. The van der Waals surface area contributed by atoms with Crippen LogP contribution in [0.25, 0.3) is 22.4 Å². The Morgan fingerprint density at radius 2 is 1.77 bits per heavy atom. The molecule has 0 atom stereocenters. The number of anilines is 1. The fraction of sp³-hybridized carbons (Fsp3) is 0.182. The summed E-state index contributed by atoms with van der Waals surface area (Å²) in [4.78, 5) is 4.48. The zero-order valence-corrected chi connectivity index (χ0v) is 15.2. The molecule has 0 fully saturated rings. The van der Waals surface area contributed by atoms with Crippen LogP contribution >= 0.6 is 0 Å². The number of hydrogen-bond acceptors (Lipinski definition) is 4. The van der Waals surface area contributed by atoms with Gasteiger partial charge in [0.05, 0.1) is 12.3 Å². The molecule has 1 aromatic heterocycles. The van der Waals surface area contributed by atoms with E-state index in [0.717, 1.165) is 39.3 Å². The van der Waals surface area contributed by atoms with Gasteiger partial charge in [-0.05, 0) is 56.2 Å². The smallest absolute Gasteiger partial charge is 0.142 e. The normalized spacial score (nSPS) is 10.4. The molecule has 0 aliphatic heterocycles. The van der Waals surface area contributed by atoms with Crippen molar-refractivity contribution in [2.24, 2.45) is 0 Å². The third kappa shape index (κ3) is 3.38. The van der Waals surface area contributed by atoms with E-state index in [1.54, 1.807) is 0 Å². The summed E-state index contributed by atoms with van der Waals surface area (Å²) < 4.78 is 5.50. The quantitative estimate of drug-likeness (QED) is 0.732. The number of rotatable bonds is 4. The Balaban J connectivity index is 2.17. The van der Waals surface area contributed by atoms with Crippen molar-refractivity contribution < 1.29 is 4.74 Å². The molecule has 26 heavy (non-hydrogen) atoms. The minimum atomic E-state index is 0.245. The Morgan fingerprint density at radius 3 is 2.42 bits per heavy atom. The monoisotopic (exact) mass is 343 g/mol. The summed E-state index contributed by atoms with van der Waals surface area (Å²) in [5, 5.41) is 9.56. The standard InChI is InChI=1S/C22H21N3O/c1-4-26-17-9-7-16(8-10-17)19-12-21(25-22(24)20(19)13-23)18-11-14(2)5-6-15(18)3/h5-12H,4H2,1-3H3,(H2,24,25). The Kier molecular flexibility index (Phi) is 4.90. The Hall–Kier alpha value is -3.32. The first-order chi connectivity index (χ1) is 12.5. The van der Waals surface area contributed by atoms with Crippen molar-refractivity contribution in [3.05, 3.63) is 65.2 Å². The second-order valence-corrected chi connectivity index (χ2v) is 6.20. The molecular formula is C22H21N3O. The van der Waals surface area contributed by atoms with Crippen molar-refractivity contribution in [3.63, 3.8) is 0 Å². The number of nitriles is 1. The van der Waals surface area contributed by atoms with Crippen molar-refractivity contribution in [1.82, 2.24) is 4.98 Å². The predicted octanol–water partition coefficient (Wildman–Crippen LogP) is 4.89. The van der Waals surface area contributed by atoms with Crippen molar-refractivity contribution in [2.75, 3.05) is 12.3 Å². The molecule has 4 nitrogen and oxygen atoms in total. The minimum absolute atomic E-state index is 0.245. The molecule has 0 amide bonds. The minimum Gasteiger partial charge on any atom is -0.494 e. The highest BCUT2D eigenvalue weighted by Gasteiger charge is 2.14. The van der Waals surface area contributed by atoms with E-state index in [9.17, 15) is 5.26 Å². The molecule has 2 N–H and O–H groups in total. The molecule has 0 unspecified atom stereocenters. The van der Waals surface area contributed by atoms with Gasteiger partial charge >= 0.3 is 0 Å². The van der Waals surface area contributed by atoms with Gasteiger partial charge in [0.25, 0.3) is 0 Å². The lowest BCUT2D eigenvalue weighted by atomic mass is 9.96. The van der Waals surface area contributed by atoms with Crippen LogP contribution in [-0.4, -0.2) is 11.6 Å². The molecule has 0 saturated heterocycles. The molecule has 130 valence electrons. The summed E-state index contributed by atoms with van der Waals surface area (Å²) in [6.45, 7) is 6.65. The van der Waals surface area contributed by atoms with Gasteiger partial charge in [-0.25, -0.2) is 4.98 Å². The zero-order valence-electron chi connectivity index (χ0n) is 15.2. The van der Waals surface area contributed by atoms with Gasteiger partial charge in [0.1, 0.15) is 23.2 Å². The van der Waals surface area contributed by atoms with Crippen molar-refractivity contribution in [2.45, 2.75) is 20.8 Å². The number of ether oxygens (including phenoxy) is 1. The van der Waals surface area contributed by atoms with Crippen molar-refractivity contribution in [1.29, 1.82) is 5.26 Å². The third-order valence-corrected chi connectivity index (χ3v) is 4.30. The summed E-state index contributed by atoms with van der Waals surface area (Å²) in [7, 11) is 0. The van der Waals surface area contributed by atoms with E-state index < -0.39 is 0 Å². The Morgan fingerprint density at radius 1 is 1.04 bits per heavy atom. The molecule has 3 rings (SSSR count). The van der Waals surface area contributed by atoms with Gasteiger partial charge < -0.3 is 10.5 Å². The number of aryl methyl sites for hydroxylation is 2. The zero-order chi connectivity index (χ0) is 18.7. The van der Waals surface area contributed by atoms with Gasteiger partial charge in [-0.1, -0.05) is 29.8 Å². The first-order valence-corrected chi connectivity index (χ1v) is 8.55. The van der Waals surface area contributed by atoms with E-state index in [4.69, 9.17) is 10.5 Å². The fourth-order valence-corrected chi connectivity index (χ4v) is 2.96. The second-order valence-electron chi connectivity index (χ2n) is 6.20. The average molecular weight is 343 g/mol. The topological polar surface area (TPSA) is 71.9 Å². The van der Waals surface area contributed by atoms with E-state index in [1.807, 2.05) is 51.1 Å². The van der Waals surface area contributed by atoms with Gasteiger partial charge in [-0.2, -0.15) is 5.26 Å². The van der Waals surface area contributed by atoms with E-state index in [1.165, 1.54) is 0 Å². The highest BCUT2D eigenvalue weighted by atomic mass is 16.5. The predicted molar refractivity (Wildman–Crippen MR) is 105 cm³/mol. The number of nitrogens with two attached hydrogens (primary N) is 1. The molecule has 0 radical (unpaired) electrons. The average Bonchev–Trinajstić information content (AvgIpc) is 2.64. The van der Waals surface area contributed by atoms with E-state index >= 15 is 0 Å². The molecule has 3 aromatic rings. The summed E-state index contributed by atoms with van der Waals surface area (Å²) >= 11 is 0. The molecule has 0 aliphatic rings. The van der Waals surface area contributed by atoms with Crippen LogP contribution in [0.2, 0.25) is 0 Å².